The number of carbonyl (C=O) groups excluding carboxylic acids is 1. The summed E-state index contributed by atoms with van der Waals surface area (Å²) >= 11 is 3.63. The van der Waals surface area contributed by atoms with Crippen molar-refractivity contribution in [2.45, 2.75) is 45.1 Å². The average molecular weight is 614 g/mol. The molecule has 7 nitrogen and oxygen atoms in total. The minimum atomic E-state index is -1.01. The Morgan fingerprint density at radius 3 is 2.56 bits per heavy atom. The van der Waals surface area contributed by atoms with Crippen LogP contribution in [0.25, 0.3) is 0 Å². The molecule has 0 spiro atoms. The van der Waals surface area contributed by atoms with Gasteiger partial charge in [0.2, 0.25) is 0 Å². The highest BCUT2D eigenvalue weighted by molar-refractivity contribution is 9.10. The minimum absolute atomic E-state index is 0.0191. The van der Waals surface area contributed by atoms with Crippen LogP contribution in [0.4, 0.5) is 0 Å². The van der Waals surface area contributed by atoms with Crippen LogP contribution in [0.15, 0.2) is 93.7 Å². The first-order valence-electron chi connectivity index (χ1n) is 13.4. The predicted molar refractivity (Wildman–Crippen MR) is 158 cm³/mol. The van der Waals surface area contributed by atoms with E-state index in [0.717, 1.165) is 22.5 Å². The lowest BCUT2D eigenvalue weighted by atomic mass is 9.72. The van der Waals surface area contributed by atoms with Crippen molar-refractivity contribution in [2.75, 3.05) is 6.61 Å². The Morgan fingerprint density at radius 2 is 1.85 bits per heavy atom. The van der Waals surface area contributed by atoms with E-state index in [9.17, 15) is 20.0 Å². The number of carbonyl (C=O) groups is 2. The first-order valence-corrected chi connectivity index (χ1v) is 14.2. The van der Waals surface area contributed by atoms with Gasteiger partial charge in [0.1, 0.15) is 6.61 Å². The number of ketones is 1. The number of nitriles is 1. The molecule has 0 aromatic heterocycles. The van der Waals surface area contributed by atoms with E-state index in [4.69, 9.17) is 9.47 Å². The molecule has 0 saturated heterocycles. The smallest absolute Gasteiger partial charge is 0.335 e. The normalized spacial score (nSPS) is 18.3. The van der Waals surface area contributed by atoms with Gasteiger partial charge in [0, 0.05) is 23.4 Å². The monoisotopic (exact) mass is 612 g/mol. The van der Waals surface area contributed by atoms with Crippen molar-refractivity contribution in [2.24, 2.45) is 0 Å². The van der Waals surface area contributed by atoms with Gasteiger partial charge in [-0.1, -0.05) is 42.5 Å². The molecule has 2 atom stereocenters. The molecular weight excluding hydrogens is 584 g/mol. The number of rotatable bonds is 8. The lowest BCUT2D eigenvalue weighted by molar-refractivity contribution is -0.116. The molecule has 2 aliphatic rings. The molecule has 208 valence electrons. The van der Waals surface area contributed by atoms with Crippen molar-refractivity contribution in [3.05, 3.63) is 116 Å². The third-order valence-corrected chi connectivity index (χ3v) is 8.03. The largest absolute Gasteiger partial charge is 0.490 e. The van der Waals surface area contributed by atoms with Crippen LogP contribution in [0.5, 0.6) is 11.5 Å². The number of allylic oxidation sites excluding steroid dienone is 4. The molecule has 8 heteroatoms. The fourth-order valence-electron chi connectivity index (χ4n) is 5.59. The van der Waals surface area contributed by atoms with Crippen molar-refractivity contribution in [3.8, 4) is 17.6 Å². The van der Waals surface area contributed by atoms with Gasteiger partial charge in [-0.15, -0.1) is 0 Å². The van der Waals surface area contributed by atoms with Crippen LogP contribution in [0, 0.1) is 11.3 Å². The van der Waals surface area contributed by atoms with Crippen molar-refractivity contribution in [1.29, 1.82) is 5.26 Å². The van der Waals surface area contributed by atoms with Gasteiger partial charge < -0.3 is 19.9 Å². The van der Waals surface area contributed by atoms with E-state index in [1.807, 2.05) is 44.2 Å². The second-order valence-electron chi connectivity index (χ2n) is 10.1. The topological polar surface area (TPSA) is 109 Å². The van der Waals surface area contributed by atoms with Crippen LogP contribution in [0.3, 0.4) is 0 Å². The number of dihydropyridines is 1. The van der Waals surface area contributed by atoms with E-state index in [-0.39, 0.29) is 23.9 Å². The summed E-state index contributed by atoms with van der Waals surface area (Å²) in [5, 5.41) is 22.9. The highest BCUT2D eigenvalue weighted by Crippen LogP contribution is 2.48. The standard InChI is InChI=1S/C33H29BrN2O5/c1-3-40-29-16-24(13-26(34)32(29)41-18-20-8-7-11-22(12-20)33(38)39)30-25(17-35)19(2)36-27-14-23(15-28(37)31(27)30)21-9-5-4-6-10-21/h4-13,16,23,30,36H,3,14-15,18H2,1-2H3,(H,38,39). The summed E-state index contributed by atoms with van der Waals surface area (Å²) in [7, 11) is 0. The zero-order chi connectivity index (χ0) is 29.1. The molecule has 0 radical (unpaired) electrons. The summed E-state index contributed by atoms with van der Waals surface area (Å²) in [5.74, 6) is -0.548. The van der Waals surface area contributed by atoms with Gasteiger partial charge in [0.05, 0.1) is 34.2 Å². The Bertz CT molecular complexity index is 1620. The molecule has 0 amide bonds. The van der Waals surface area contributed by atoms with Gasteiger partial charge in [-0.3, -0.25) is 4.79 Å². The Kier molecular flexibility index (Phi) is 8.27. The van der Waals surface area contributed by atoms with Gasteiger partial charge in [0.15, 0.2) is 17.3 Å². The number of Topliss-reactive ketones (excluding diaryl/α,β-unsaturated/α-hetero) is 1. The van der Waals surface area contributed by atoms with Crippen LogP contribution in [0.1, 0.15) is 65.6 Å². The zero-order valence-corrected chi connectivity index (χ0v) is 24.3. The molecule has 2 unspecified atom stereocenters. The molecular formula is C33H29BrN2O5. The molecule has 3 aromatic carbocycles. The maximum Gasteiger partial charge on any atom is 0.335 e. The molecule has 1 heterocycles. The zero-order valence-electron chi connectivity index (χ0n) is 22.7. The fraction of sp³-hybridized carbons (Fsp3) is 0.242. The molecule has 0 fully saturated rings. The van der Waals surface area contributed by atoms with E-state index < -0.39 is 11.9 Å². The number of hydrogen-bond donors (Lipinski definition) is 2. The van der Waals surface area contributed by atoms with Crippen LogP contribution in [-0.4, -0.2) is 23.5 Å². The molecule has 3 aromatic rings. The molecule has 1 aliphatic carbocycles. The second-order valence-corrected chi connectivity index (χ2v) is 11.0. The van der Waals surface area contributed by atoms with Gasteiger partial charge in [0.25, 0.3) is 0 Å². The summed E-state index contributed by atoms with van der Waals surface area (Å²) in [6.45, 7) is 4.24. The summed E-state index contributed by atoms with van der Waals surface area (Å²) in [4.78, 5) is 25.1. The van der Waals surface area contributed by atoms with Crippen LogP contribution < -0.4 is 14.8 Å². The summed E-state index contributed by atoms with van der Waals surface area (Å²) in [6, 6.07) is 22.6. The van der Waals surface area contributed by atoms with Gasteiger partial charge in [-0.25, -0.2) is 4.79 Å². The summed E-state index contributed by atoms with van der Waals surface area (Å²) in [6.07, 6.45) is 1.04. The Balaban J connectivity index is 1.52. The maximum absolute atomic E-state index is 13.7. The van der Waals surface area contributed by atoms with E-state index in [0.29, 0.717) is 52.1 Å². The predicted octanol–water partition coefficient (Wildman–Crippen LogP) is 7.01. The fourth-order valence-corrected chi connectivity index (χ4v) is 6.16. The molecule has 1 aliphatic heterocycles. The highest BCUT2D eigenvalue weighted by atomic mass is 79.9. The van der Waals surface area contributed by atoms with E-state index in [1.165, 1.54) is 6.07 Å². The van der Waals surface area contributed by atoms with E-state index in [1.54, 1.807) is 18.2 Å². The summed E-state index contributed by atoms with van der Waals surface area (Å²) < 4.78 is 12.7. The van der Waals surface area contributed by atoms with Crippen molar-refractivity contribution < 1.29 is 24.2 Å². The molecule has 41 heavy (non-hydrogen) atoms. The molecule has 2 N–H and O–H groups in total. The average Bonchev–Trinajstić information content (AvgIpc) is 2.96. The number of aromatic carboxylic acids is 1. The quantitative estimate of drug-likeness (QED) is 0.281. The maximum atomic E-state index is 13.7. The SMILES string of the molecule is CCOc1cc(C2C(C#N)=C(C)NC3=C2C(=O)CC(c2ccccc2)C3)cc(Br)c1OCc1cccc(C(=O)O)c1. The number of nitrogens with zero attached hydrogens (tertiary/aromatic N) is 1. The first-order chi connectivity index (χ1) is 19.8. The lowest BCUT2D eigenvalue weighted by Crippen LogP contribution is -2.33. The van der Waals surface area contributed by atoms with Crippen LogP contribution in [0.2, 0.25) is 0 Å². The third kappa shape index (κ3) is 5.77. The number of halogens is 1. The number of benzene rings is 3. The minimum Gasteiger partial charge on any atom is -0.490 e. The van der Waals surface area contributed by atoms with Crippen molar-refractivity contribution in [3.63, 3.8) is 0 Å². The molecule has 5 rings (SSSR count). The number of hydrogen-bond acceptors (Lipinski definition) is 6. The number of nitrogens with one attached hydrogen (secondary N) is 1. The molecule has 0 saturated carbocycles. The lowest BCUT2D eigenvalue weighted by Gasteiger charge is -2.36. The van der Waals surface area contributed by atoms with Crippen molar-refractivity contribution >= 4 is 27.7 Å². The van der Waals surface area contributed by atoms with E-state index >= 15 is 0 Å². The number of ether oxygens (including phenoxy) is 2. The number of carboxylic acids is 1. The van der Waals surface area contributed by atoms with Crippen molar-refractivity contribution in [1.82, 2.24) is 5.32 Å². The Labute approximate surface area is 247 Å². The van der Waals surface area contributed by atoms with Gasteiger partial charge in [-0.2, -0.15) is 5.26 Å². The first kappa shape index (κ1) is 28.2. The Hall–Kier alpha value is -4.35. The van der Waals surface area contributed by atoms with E-state index in [2.05, 4.69) is 39.4 Å². The van der Waals surface area contributed by atoms with Gasteiger partial charge in [-0.05, 0) is 83.1 Å². The third-order valence-electron chi connectivity index (χ3n) is 7.44. The second kappa shape index (κ2) is 12.0. The van der Waals surface area contributed by atoms with Gasteiger partial charge >= 0.3 is 5.97 Å². The number of carboxylic acid groups (broad SMARTS) is 1. The van der Waals surface area contributed by atoms with Crippen LogP contribution in [-0.2, 0) is 11.4 Å². The highest BCUT2D eigenvalue weighted by Gasteiger charge is 2.39. The Morgan fingerprint density at radius 1 is 1.07 bits per heavy atom. The van der Waals surface area contributed by atoms with Crippen LogP contribution >= 0.6 is 15.9 Å². The molecule has 0 bridgehead atoms. The summed E-state index contributed by atoms with van der Waals surface area (Å²) in [5.41, 5.74) is 5.43.